The van der Waals surface area contributed by atoms with Crippen LogP contribution in [0.2, 0.25) is 0 Å². The number of halogens is 1. The SMILES string of the molecule is COC(=O)C1CC(Cl)CN1C(=O)OC(C)(C)C. The van der Waals surface area contributed by atoms with Gasteiger partial charge in [-0.05, 0) is 27.2 Å². The van der Waals surface area contributed by atoms with E-state index in [1.165, 1.54) is 12.0 Å². The van der Waals surface area contributed by atoms with Crippen molar-refractivity contribution in [1.82, 2.24) is 4.90 Å². The molecule has 0 aromatic carbocycles. The highest BCUT2D eigenvalue weighted by Gasteiger charge is 2.41. The predicted molar refractivity (Wildman–Crippen MR) is 63.0 cm³/mol. The Bertz CT molecular complexity index is 313. The van der Waals surface area contributed by atoms with Crippen LogP contribution < -0.4 is 0 Å². The van der Waals surface area contributed by atoms with Crippen molar-refractivity contribution < 1.29 is 19.1 Å². The lowest BCUT2D eigenvalue weighted by atomic mass is 10.2. The van der Waals surface area contributed by atoms with Gasteiger partial charge in [-0.2, -0.15) is 0 Å². The Morgan fingerprint density at radius 2 is 1.94 bits per heavy atom. The smallest absolute Gasteiger partial charge is 0.411 e. The third-order valence-corrected chi connectivity index (χ3v) is 2.67. The molecule has 0 saturated carbocycles. The van der Waals surface area contributed by atoms with Crippen molar-refractivity contribution in [3.05, 3.63) is 0 Å². The van der Waals surface area contributed by atoms with E-state index in [9.17, 15) is 9.59 Å². The average molecular weight is 264 g/mol. The van der Waals surface area contributed by atoms with Crippen LogP contribution in [0.3, 0.4) is 0 Å². The molecule has 0 aromatic rings. The number of rotatable bonds is 1. The lowest BCUT2D eigenvalue weighted by Gasteiger charge is -2.27. The second-order valence-electron chi connectivity index (χ2n) is 5.00. The van der Waals surface area contributed by atoms with Crippen LogP contribution in [0.5, 0.6) is 0 Å². The van der Waals surface area contributed by atoms with Crippen LogP contribution in [0.25, 0.3) is 0 Å². The molecule has 0 spiro atoms. The van der Waals surface area contributed by atoms with Crippen molar-refractivity contribution in [2.75, 3.05) is 13.7 Å². The summed E-state index contributed by atoms with van der Waals surface area (Å²) in [5.41, 5.74) is -0.595. The maximum absolute atomic E-state index is 11.9. The number of hydrogen-bond donors (Lipinski definition) is 0. The molecule has 1 fully saturated rings. The van der Waals surface area contributed by atoms with Crippen molar-refractivity contribution >= 4 is 23.7 Å². The molecule has 1 rings (SSSR count). The van der Waals surface area contributed by atoms with Gasteiger partial charge in [-0.25, -0.2) is 9.59 Å². The van der Waals surface area contributed by atoms with Crippen molar-refractivity contribution in [2.45, 2.75) is 44.2 Å². The molecule has 0 aliphatic carbocycles. The normalized spacial score (nSPS) is 24.6. The predicted octanol–water partition coefficient (Wildman–Crippen LogP) is 1.78. The molecule has 1 heterocycles. The summed E-state index contributed by atoms with van der Waals surface area (Å²) in [6.45, 7) is 5.61. The Morgan fingerprint density at radius 3 is 2.41 bits per heavy atom. The molecule has 1 aliphatic rings. The maximum Gasteiger partial charge on any atom is 0.411 e. The number of carbonyl (C=O) groups is 2. The molecule has 0 aromatic heterocycles. The number of ether oxygens (including phenoxy) is 2. The molecule has 1 saturated heterocycles. The zero-order valence-electron chi connectivity index (χ0n) is 10.5. The summed E-state index contributed by atoms with van der Waals surface area (Å²) in [4.78, 5) is 24.7. The molecule has 98 valence electrons. The van der Waals surface area contributed by atoms with Crippen molar-refractivity contribution in [3.8, 4) is 0 Å². The van der Waals surface area contributed by atoms with E-state index in [0.29, 0.717) is 13.0 Å². The van der Waals surface area contributed by atoms with E-state index in [-0.39, 0.29) is 5.38 Å². The first-order valence-corrected chi connectivity index (χ1v) is 5.89. The van der Waals surface area contributed by atoms with Gasteiger partial charge in [-0.15, -0.1) is 11.6 Å². The third-order valence-electron chi connectivity index (χ3n) is 2.35. The highest BCUT2D eigenvalue weighted by Crippen LogP contribution is 2.25. The molecule has 6 heteroatoms. The molecule has 17 heavy (non-hydrogen) atoms. The number of likely N-dealkylation sites (tertiary alicyclic amines) is 1. The fourth-order valence-corrected chi connectivity index (χ4v) is 1.98. The van der Waals surface area contributed by atoms with E-state index in [2.05, 4.69) is 4.74 Å². The van der Waals surface area contributed by atoms with E-state index >= 15 is 0 Å². The Labute approximate surface area is 106 Å². The van der Waals surface area contributed by atoms with Gasteiger partial charge in [0, 0.05) is 6.54 Å². The number of methoxy groups -OCH3 is 1. The average Bonchev–Trinajstić information content (AvgIpc) is 2.56. The largest absolute Gasteiger partial charge is 0.467 e. The number of amides is 1. The Morgan fingerprint density at radius 1 is 1.35 bits per heavy atom. The van der Waals surface area contributed by atoms with Crippen LogP contribution in [0.15, 0.2) is 0 Å². The third kappa shape index (κ3) is 3.77. The van der Waals surface area contributed by atoms with E-state index in [1.54, 1.807) is 20.8 Å². The van der Waals surface area contributed by atoms with Gasteiger partial charge in [-0.1, -0.05) is 0 Å². The summed E-state index contributed by atoms with van der Waals surface area (Å²) < 4.78 is 9.86. The molecule has 1 aliphatic heterocycles. The molecule has 2 atom stereocenters. The Balaban J connectivity index is 2.73. The topological polar surface area (TPSA) is 55.8 Å². The number of esters is 1. The molecule has 5 nitrogen and oxygen atoms in total. The second kappa shape index (κ2) is 5.12. The molecular formula is C11H18ClNO4. The first kappa shape index (κ1) is 14.1. The van der Waals surface area contributed by atoms with E-state index in [4.69, 9.17) is 16.3 Å². The van der Waals surface area contributed by atoms with Gasteiger partial charge >= 0.3 is 12.1 Å². The van der Waals surface area contributed by atoms with Crippen molar-refractivity contribution in [2.24, 2.45) is 0 Å². The summed E-state index contributed by atoms with van der Waals surface area (Å²) >= 11 is 5.96. The van der Waals surface area contributed by atoms with Crippen LogP contribution in [-0.2, 0) is 14.3 Å². The fourth-order valence-electron chi connectivity index (χ4n) is 1.67. The maximum atomic E-state index is 11.9. The Hall–Kier alpha value is -0.970. The van der Waals surface area contributed by atoms with Gasteiger partial charge in [0.05, 0.1) is 12.5 Å². The fraction of sp³-hybridized carbons (Fsp3) is 0.818. The number of alkyl halides is 1. The van der Waals surface area contributed by atoms with Crippen molar-refractivity contribution in [1.29, 1.82) is 0 Å². The summed E-state index contributed by atoms with van der Waals surface area (Å²) in [6.07, 6.45) is -0.135. The molecule has 1 amide bonds. The summed E-state index contributed by atoms with van der Waals surface area (Å²) in [5, 5.41) is -0.244. The van der Waals surface area contributed by atoms with E-state index in [1.807, 2.05) is 0 Å². The lowest BCUT2D eigenvalue weighted by molar-refractivity contribution is -0.145. The monoisotopic (exact) mass is 263 g/mol. The molecule has 2 unspecified atom stereocenters. The number of nitrogens with zero attached hydrogens (tertiary/aromatic N) is 1. The molecule has 0 N–H and O–H groups in total. The van der Waals surface area contributed by atoms with Gasteiger partial charge in [0.25, 0.3) is 0 Å². The van der Waals surface area contributed by atoms with Gasteiger partial charge in [0.15, 0.2) is 0 Å². The quantitative estimate of drug-likeness (QED) is 0.534. The summed E-state index contributed by atoms with van der Waals surface area (Å²) in [6, 6.07) is -0.641. The van der Waals surface area contributed by atoms with E-state index in [0.717, 1.165) is 0 Å². The minimum Gasteiger partial charge on any atom is -0.467 e. The van der Waals surface area contributed by atoms with Gasteiger partial charge in [0.1, 0.15) is 11.6 Å². The van der Waals surface area contributed by atoms with Crippen LogP contribution in [-0.4, -0.2) is 47.6 Å². The highest BCUT2D eigenvalue weighted by molar-refractivity contribution is 6.21. The first-order valence-electron chi connectivity index (χ1n) is 5.46. The van der Waals surface area contributed by atoms with Crippen molar-refractivity contribution in [3.63, 3.8) is 0 Å². The second-order valence-corrected chi connectivity index (χ2v) is 5.62. The summed E-state index contributed by atoms with van der Waals surface area (Å²) in [7, 11) is 1.29. The van der Waals surface area contributed by atoms with E-state index < -0.39 is 23.7 Å². The minimum atomic E-state index is -0.641. The zero-order chi connectivity index (χ0) is 13.2. The van der Waals surface area contributed by atoms with Crippen LogP contribution >= 0.6 is 11.6 Å². The lowest BCUT2D eigenvalue weighted by Crippen LogP contribution is -2.43. The van der Waals surface area contributed by atoms with Crippen LogP contribution in [0.4, 0.5) is 4.79 Å². The zero-order valence-corrected chi connectivity index (χ0v) is 11.3. The standard InChI is InChI=1S/C11H18ClNO4/c1-11(2,3)17-10(15)13-6-7(12)5-8(13)9(14)16-4/h7-8H,5-6H2,1-4H3. The summed E-state index contributed by atoms with van der Waals surface area (Å²) in [5.74, 6) is -0.459. The first-order chi connectivity index (χ1) is 7.74. The molecular weight excluding hydrogens is 246 g/mol. The van der Waals surface area contributed by atoms with Gasteiger partial charge < -0.3 is 9.47 Å². The molecule has 0 bridgehead atoms. The Kier molecular flexibility index (Phi) is 4.25. The van der Waals surface area contributed by atoms with Gasteiger partial charge in [0.2, 0.25) is 0 Å². The number of hydrogen-bond acceptors (Lipinski definition) is 4. The van der Waals surface area contributed by atoms with Crippen LogP contribution in [0.1, 0.15) is 27.2 Å². The van der Waals surface area contributed by atoms with Gasteiger partial charge in [-0.3, -0.25) is 4.90 Å². The minimum absolute atomic E-state index is 0.244. The highest BCUT2D eigenvalue weighted by atomic mass is 35.5. The van der Waals surface area contributed by atoms with Crippen LogP contribution in [0, 0.1) is 0 Å². The number of carbonyl (C=O) groups excluding carboxylic acids is 2. The molecule has 0 radical (unpaired) electrons.